The van der Waals surface area contributed by atoms with Gasteiger partial charge in [0.15, 0.2) is 0 Å². The summed E-state index contributed by atoms with van der Waals surface area (Å²) in [6, 6.07) is 9.84. The molecule has 0 saturated carbocycles. The van der Waals surface area contributed by atoms with E-state index in [9.17, 15) is 4.79 Å². The fourth-order valence-electron chi connectivity index (χ4n) is 1.65. The maximum absolute atomic E-state index is 11.6. The van der Waals surface area contributed by atoms with Gasteiger partial charge in [-0.25, -0.2) is 9.79 Å². The zero-order valence-electron chi connectivity index (χ0n) is 11.1. The lowest BCUT2D eigenvalue weighted by Gasteiger charge is -2.12. The molecular formula is C15H17NO3. The normalized spacial score (nSPS) is 18.5. The summed E-state index contributed by atoms with van der Waals surface area (Å²) in [6.07, 6.45) is 2.91. The van der Waals surface area contributed by atoms with Crippen molar-refractivity contribution in [1.82, 2.24) is 0 Å². The molecule has 19 heavy (non-hydrogen) atoms. The minimum atomic E-state index is -0.613. The highest BCUT2D eigenvalue weighted by Gasteiger charge is 2.27. The van der Waals surface area contributed by atoms with Crippen LogP contribution in [0.15, 0.2) is 41.4 Å². The van der Waals surface area contributed by atoms with Crippen LogP contribution in [0.1, 0.15) is 19.4 Å². The minimum absolute atomic E-state index is 0.139. The average Bonchev–Trinajstić information content (AvgIpc) is 2.86. The molecule has 0 fully saturated rings. The van der Waals surface area contributed by atoms with Crippen LogP contribution in [0.5, 0.6) is 0 Å². The first kappa shape index (κ1) is 13.3. The van der Waals surface area contributed by atoms with E-state index in [4.69, 9.17) is 9.47 Å². The number of rotatable bonds is 4. The second-order valence-electron chi connectivity index (χ2n) is 4.52. The van der Waals surface area contributed by atoms with Crippen LogP contribution in [-0.2, 0) is 14.3 Å². The largest absolute Gasteiger partial charge is 0.461 e. The summed E-state index contributed by atoms with van der Waals surface area (Å²) < 4.78 is 10.5. The topological polar surface area (TPSA) is 47.9 Å². The summed E-state index contributed by atoms with van der Waals surface area (Å²) in [4.78, 5) is 15.8. The molecule has 2 rings (SSSR count). The Morgan fingerprint density at radius 1 is 1.37 bits per heavy atom. The van der Waals surface area contributed by atoms with Crippen LogP contribution in [0.2, 0.25) is 0 Å². The van der Waals surface area contributed by atoms with Gasteiger partial charge >= 0.3 is 5.97 Å². The monoisotopic (exact) mass is 259 g/mol. The van der Waals surface area contributed by atoms with Crippen LogP contribution in [0, 0.1) is 0 Å². The standard InChI is InChI=1S/C15H17NO3/c1-11(2)18-15(17)13-10-16-14(19-13)9-8-12-6-4-3-5-7-12/h3-9,11,13H,10H2,1-2H3/b9-8+. The smallest absolute Gasteiger partial charge is 0.349 e. The Kier molecular flexibility index (Phi) is 4.34. The van der Waals surface area contributed by atoms with Gasteiger partial charge in [0, 0.05) is 6.08 Å². The molecule has 1 atom stereocenters. The average molecular weight is 259 g/mol. The van der Waals surface area contributed by atoms with Crippen molar-refractivity contribution < 1.29 is 14.3 Å². The third-order valence-corrected chi connectivity index (χ3v) is 2.51. The molecule has 1 aromatic rings. The molecule has 0 amide bonds. The Balaban J connectivity index is 1.88. The van der Waals surface area contributed by atoms with E-state index in [-0.39, 0.29) is 12.1 Å². The molecule has 1 aliphatic rings. The van der Waals surface area contributed by atoms with E-state index in [1.165, 1.54) is 0 Å². The van der Waals surface area contributed by atoms with Crippen molar-refractivity contribution in [3.8, 4) is 0 Å². The van der Waals surface area contributed by atoms with Crippen molar-refractivity contribution in [3.63, 3.8) is 0 Å². The second-order valence-corrected chi connectivity index (χ2v) is 4.52. The molecule has 4 nitrogen and oxygen atoms in total. The summed E-state index contributed by atoms with van der Waals surface area (Å²) >= 11 is 0. The molecule has 0 bridgehead atoms. The zero-order chi connectivity index (χ0) is 13.7. The van der Waals surface area contributed by atoms with Gasteiger partial charge in [0.1, 0.15) is 0 Å². The van der Waals surface area contributed by atoms with Gasteiger partial charge in [0.2, 0.25) is 12.0 Å². The van der Waals surface area contributed by atoms with Gasteiger partial charge in [-0.1, -0.05) is 30.3 Å². The fraction of sp³-hybridized carbons (Fsp3) is 0.333. The number of hydrogen-bond donors (Lipinski definition) is 0. The fourth-order valence-corrected chi connectivity index (χ4v) is 1.65. The third kappa shape index (κ3) is 3.95. The first-order chi connectivity index (χ1) is 9.15. The van der Waals surface area contributed by atoms with Crippen molar-refractivity contribution in [2.24, 2.45) is 4.99 Å². The van der Waals surface area contributed by atoms with Crippen LogP contribution in [0.4, 0.5) is 0 Å². The molecular weight excluding hydrogens is 242 g/mol. The molecule has 0 saturated heterocycles. The van der Waals surface area contributed by atoms with Crippen molar-refractivity contribution in [2.75, 3.05) is 6.54 Å². The third-order valence-electron chi connectivity index (χ3n) is 2.51. The predicted molar refractivity (Wildman–Crippen MR) is 73.9 cm³/mol. The molecule has 1 aromatic carbocycles. The molecule has 100 valence electrons. The maximum Gasteiger partial charge on any atom is 0.349 e. The molecule has 0 aliphatic carbocycles. The van der Waals surface area contributed by atoms with Gasteiger partial charge in [-0.15, -0.1) is 0 Å². The summed E-state index contributed by atoms with van der Waals surface area (Å²) in [6.45, 7) is 3.94. The molecule has 0 radical (unpaired) electrons. The Morgan fingerprint density at radius 2 is 2.11 bits per heavy atom. The van der Waals surface area contributed by atoms with Crippen LogP contribution >= 0.6 is 0 Å². The van der Waals surface area contributed by atoms with E-state index in [2.05, 4.69) is 4.99 Å². The molecule has 4 heteroatoms. The first-order valence-electron chi connectivity index (χ1n) is 6.30. The molecule has 0 N–H and O–H groups in total. The highest BCUT2D eigenvalue weighted by molar-refractivity contribution is 5.95. The molecule has 0 spiro atoms. The van der Waals surface area contributed by atoms with E-state index in [0.29, 0.717) is 12.4 Å². The summed E-state index contributed by atoms with van der Waals surface area (Å²) in [5.74, 6) is 0.108. The minimum Gasteiger partial charge on any atom is -0.461 e. The molecule has 1 unspecified atom stereocenters. The number of benzene rings is 1. The lowest BCUT2D eigenvalue weighted by molar-refractivity contribution is -0.155. The van der Waals surface area contributed by atoms with Gasteiger partial charge in [0.25, 0.3) is 0 Å². The Morgan fingerprint density at radius 3 is 2.79 bits per heavy atom. The lowest BCUT2D eigenvalue weighted by Crippen LogP contribution is -2.28. The first-order valence-corrected chi connectivity index (χ1v) is 6.30. The van der Waals surface area contributed by atoms with E-state index in [1.54, 1.807) is 6.08 Å². The Bertz CT molecular complexity index is 491. The number of esters is 1. The lowest BCUT2D eigenvalue weighted by atomic mass is 10.2. The molecule has 0 aromatic heterocycles. The summed E-state index contributed by atoms with van der Waals surface area (Å²) in [7, 11) is 0. The van der Waals surface area contributed by atoms with Crippen LogP contribution < -0.4 is 0 Å². The second kappa shape index (κ2) is 6.18. The van der Waals surface area contributed by atoms with Crippen LogP contribution in [-0.4, -0.2) is 30.6 Å². The zero-order valence-corrected chi connectivity index (χ0v) is 11.1. The summed E-state index contributed by atoms with van der Waals surface area (Å²) in [5, 5.41) is 0. The molecule has 1 aliphatic heterocycles. The SMILES string of the molecule is CC(C)OC(=O)C1CN=C(/C=C/c2ccccc2)O1. The van der Waals surface area contributed by atoms with Crippen LogP contribution in [0.25, 0.3) is 6.08 Å². The van der Waals surface area contributed by atoms with Crippen molar-refractivity contribution >= 4 is 17.9 Å². The van der Waals surface area contributed by atoms with Crippen LogP contribution in [0.3, 0.4) is 0 Å². The van der Waals surface area contributed by atoms with Gasteiger partial charge in [0.05, 0.1) is 12.6 Å². The van der Waals surface area contributed by atoms with Crippen molar-refractivity contribution in [1.29, 1.82) is 0 Å². The van der Waals surface area contributed by atoms with Crippen molar-refractivity contribution in [3.05, 3.63) is 42.0 Å². The number of ether oxygens (including phenoxy) is 2. The van der Waals surface area contributed by atoms with Crippen molar-refractivity contribution in [2.45, 2.75) is 26.1 Å². The number of hydrogen-bond acceptors (Lipinski definition) is 4. The quantitative estimate of drug-likeness (QED) is 0.780. The van der Waals surface area contributed by atoms with E-state index in [1.807, 2.05) is 50.3 Å². The molecule has 1 heterocycles. The number of nitrogens with zero attached hydrogens (tertiary/aromatic N) is 1. The maximum atomic E-state index is 11.6. The highest BCUT2D eigenvalue weighted by Crippen LogP contribution is 2.10. The van der Waals surface area contributed by atoms with Gasteiger partial charge in [-0.2, -0.15) is 0 Å². The number of carbonyl (C=O) groups excluding carboxylic acids is 1. The van der Waals surface area contributed by atoms with Gasteiger partial charge in [-0.05, 0) is 25.5 Å². The predicted octanol–water partition coefficient (Wildman–Crippen LogP) is 2.45. The van der Waals surface area contributed by atoms with Gasteiger partial charge < -0.3 is 9.47 Å². The van der Waals surface area contributed by atoms with E-state index >= 15 is 0 Å². The van der Waals surface area contributed by atoms with E-state index < -0.39 is 6.10 Å². The number of aliphatic imine (C=N–C) groups is 1. The summed E-state index contributed by atoms with van der Waals surface area (Å²) in [5.41, 5.74) is 1.06. The van der Waals surface area contributed by atoms with E-state index in [0.717, 1.165) is 5.56 Å². The highest BCUT2D eigenvalue weighted by atomic mass is 16.6. The Hall–Kier alpha value is -2.10. The number of carbonyl (C=O) groups is 1. The Labute approximate surface area is 112 Å². The van der Waals surface area contributed by atoms with Gasteiger partial charge in [-0.3, -0.25) is 0 Å².